The van der Waals surface area contributed by atoms with Crippen molar-refractivity contribution < 1.29 is 8.91 Å². The van der Waals surface area contributed by atoms with Crippen LogP contribution < -0.4 is 4.90 Å². The summed E-state index contributed by atoms with van der Waals surface area (Å²) in [5.41, 5.74) is 0.767. The quantitative estimate of drug-likeness (QED) is 0.846. The monoisotopic (exact) mass is 345 g/mol. The van der Waals surface area contributed by atoms with Crippen molar-refractivity contribution >= 4 is 6.01 Å². The van der Waals surface area contributed by atoms with Crippen molar-refractivity contribution in [2.24, 2.45) is 0 Å². The summed E-state index contributed by atoms with van der Waals surface area (Å²) in [6.07, 6.45) is 1.13. The van der Waals surface area contributed by atoms with Gasteiger partial charge in [-0.05, 0) is 37.2 Å². The van der Waals surface area contributed by atoms with Crippen LogP contribution in [0.5, 0.6) is 0 Å². The van der Waals surface area contributed by atoms with Crippen LogP contribution in [0.1, 0.15) is 13.3 Å². The fraction of sp³-hybridized carbons (Fsp3) is 0.556. The van der Waals surface area contributed by atoms with Crippen molar-refractivity contribution in [2.75, 3.05) is 50.7 Å². The Kier molecular flexibility index (Phi) is 4.67. The molecule has 2 aliphatic heterocycles. The standard InChI is InChI=1S/C18H24FN5O/c1-2-22-9-11-23(12-10-22)16-7-8-24(13-16)18-20-17(21-25-18)14-3-5-15(19)6-4-14/h3-6,16H,2,7-13H2,1H3. The summed E-state index contributed by atoms with van der Waals surface area (Å²) in [4.78, 5) is 11.7. The Morgan fingerprint density at radius 2 is 1.88 bits per heavy atom. The first-order valence-electron chi connectivity index (χ1n) is 9.04. The molecule has 0 saturated carbocycles. The maximum absolute atomic E-state index is 13.0. The number of piperazine rings is 1. The van der Waals surface area contributed by atoms with Crippen LogP contribution in [-0.2, 0) is 0 Å². The van der Waals surface area contributed by atoms with Gasteiger partial charge in [-0.25, -0.2) is 4.39 Å². The first-order chi connectivity index (χ1) is 12.2. The summed E-state index contributed by atoms with van der Waals surface area (Å²) < 4.78 is 18.5. The lowest BCUT2D eigenvalue weighted by atomic mass is 10.2. The second-order valence-electron chi connectivity index (χ2n) is 6.77. The van der Waals surface area contributed by atoms with Crippen LogP contribution in [-0.4, -0.2) is 71.8 Å². The Labute approximate surface area is 147 Å². The number of aromatic nitrogens is 2. The van der Waals surface area contributed by atoms with Crippen molar-refractivity contribution in [1.29, 1.82) is 0 Å². The van der Waals surface area contributed by atoms with Crippen LogP contribution >= 0.6 is 0 Å². The number of likely N-dealkylation sites (N-methyl/N-ethyl adjacent to an activating group) is 1. The highest BCUT2D eigenvalue weighted by Crippen LogP contribution is 2.25. The average molecular weight is 345 g/mol. The van der Waals surface area contributed by atoms with Crippen LogP contribution in [0, 0.1) is 5.82 Å². The lowest BCUT2D eigenvalue weighted by molar-refractivity contribution is 0.107. The third kappa shape index (κ3) is 3.52. The minimum atomic E-state index is -0.266. The van der Waals surface area contributed by atoms with E-state index in [0.717, 1.165) is 57.8 Å². The van der Waals surface area contributed by atoms with Crippen molar-refractivity contribution in [3.63, 3.8) is 0 Å². The Morgan fingerprint density at radius 3 is 2.60 bits per heavy atom. The predicted octanol–water partition coefficient (Wildman–Crippen LogP) is 2.09. The third-order valence-corrected chi connectivity index (χ3v) is 5.32. The van der Waals surface area contributed by atoms with E-state index in [4.69, 9.17) is 4.52 Å². The van der Waals surface area contributed by atoms with E-state index in [9.17, 15) is 4.39 Å². The van der Waals surface area contributed by atoms with Crippen molar-refractivity contribution in [2.45, 2.75) is 19.4 Å². The molecule has 1 aromatic carbocycles. The molecule has 2 aromatic rings. The maximum atomic E-state index is 13.0. The average Bonchev–Trinajstić information content (AvgIpc) is 3.32. The molecule has 0 spiro atoms. The van der Waals surface area contributed by atoms with Gasteiger partial charge in [-0.1, -0.05) is 12.1 Å². The Hall–Kier alpha value is -1.99. The molecule has 3 heterocycles. The van der Waals surface area contributed by atoms with Crippen molar-refractivity contribution in [3.05, 3.63) is 30.1 Å². The summed E-state index contributed by atoms with van der Waals surface area (Å²) in [7, 11) is 0. The molecular weight excluding hydrogens is 321 g/mol. The van der Waals surface area contributed by atoms with E-state index in [0.29, 0.717) is 17.9 Å². The van der Waals surface area contributed by atoms with Crippen molar-refractivity contribution in [1.82, 2.24) is 19.9 Å². The molecule has 4 rings (SSSR count). The van der Waals surface area contributed by atoms with Crippen molar-refractivity contribution in [3.8, 4) is 11.4 Å². The summed E-state index contributed by atoms with van der Waals surface area (Å²) in [6.45, 7) is 9.81. The molecule has 0 amide bonds. The Morgan fingerprint density at radius 1 is 1.12 bits per heavy atom. The predicted molar refractivity (Wildman–Crippen MR) is 94.0 cm³/mol. The number of nitrogens with zero attached hydrogens (tertiary/aromatic N) is 5. The minimum Gasteiger partial charge on any atom is -0.323 e. The molecule has 2 aliphatic rings. The van der Waals surface area contributed by atoms with Gasteiger partial charge in [-0.2, -0.15) is 4.98 Å². The molecule has 25 heavy (non-hydrogen) atoms. The highest BCUT2D eigenvalue weighted by atomic mass is 19.1. The number of benzene rings is 1. The normalized spacial score (nSPS) is 22.6. The topological polar surface area (TPSA) is 48.6 Å². The van der Waals surface area contributed by atoms with Gasteiger partial charge in [0.2, 0.25) is 5.82 Å². The number of halogens is 1. The number of anilines is 1. The maximum Gasteiger partial charge on any atom is 0.324 e. The number of rotatable bonds is 4. The summed E-state index contributed by atoms with van der Waals surface area (Å²) >= 11 is 0. The lowest BCUT2D eigenvalue weighted by Gasteiger charge is -2.37. The molecule has 2 saturated heterocycles. The highest BCUT2D eigenvalue weighted by Gasteiger charge is 2.32. The summed E-state index contributed by atoms with van der Waals surface area (Å²) in [5.74, 6) is 0.244. The zero-order chi connectivity index (χ0) is 17.2. The van der Waals surface area contributed by atoms with Gasteiger partial charge in [0.25, 0.3) is 0 Å². The van der Waals surface area contributed by atoms with Crippen LogP contribution in [0.4, 0.5) is 10.4 Å². The molecule has 1 atom stereocenters. The fourth-order valence-electron chi connectivity index (χ4n) is 3.72. The molecule has 0 aliphatic carbocycles. The van der Waals surface area contributed by atoms with E-state index in [-0.39, 0.29) is 5.82 Å². The van der Waals surface area contributed by atoms with Gasteiger partial charge in [-0.3, -0.25) is 4.90 Å². The van der Waals surface area contributed by atoms with Crippen LogP contribution in [0.15, 0.2) is 28.8 Å². The van der Waals surface area contributed by atoms with E-state index in [1.807, 2.05) is 0 Å². The summed E-state index contributed by atoms with van der Waals surface area (Å²) in [5, 5.41) is 4.05. The number of hydrogen-bond donors (Lipinski definition) is 0. The zero-order valence-electron chi connectivity index (χ0n) is 14.6. The van der Waals surface area contributed by atoms with Crippen LogP contribution in [0.2, 0.25) is 0 Å². The SMILES string of the molecule is CCN1CCN(C2CCN(c3nc(-c4ccc(F)cc4)no3)C2)CC1. The first-order valence-corrected chi connectivity index (χ1v) is 9.04. The third-order valence-electron chi connectivity index (χ3n) is 5.32. The van der Waals surface area contributed by atoms with Gasteiger partial charge in [0.05, 0.1) is 0 Å². The molecule has 0 bridgehead atoms. The summed E-state index contributed by atoms with van der Waals surface area (Å²) in [6, 6.07) is 7.28. The van der Waals surface area contributed by atoms with Gasteiger partial charge >= 0.3 is 6.01 Å². The molecule has 1 aromatic heterocycles. The Bertz CT molecular complexity index is 696. The first kappa shape index (κ1) is 16.5. The lowest BCUT2D eigenvalue weighted by Crippen LogP contribution is -2.50. The zero-order valence-corrected chi connectivity index (χ0v) is 14.6. The smallest absolute Gasteiger partial charge is 0.323 e. The van der Waals surface area contributed by atoms with E-state index in [2.05, 4.69) is 31.8 Å². The molecule has 6 nitrogen and oxygen atoms in total. The minimum absolute atomic E-state index is 0.266. The van der Waals surface area contributed by atoms with Gasteiger partial charge in [0.1, 0.15) is 5.82 Å². The molecule has 0 radical (unpaired) electrons. The highest BCUT2D eigenvalue weighted by molar-refractivity contribution is 5.55. The second kappa shape index (κ2) is 7.09. The van der Waals surface area contributed by atoms with Gasteiger partial charge in [-0.15, -0.1) is 0 Å². The molecule has 134 valence electrons. The molecule has 7 heteroatoms. The largest absolute Gasteiger partial charge is 0.324 e. The fourth-order valence-corrected chi connectivity index (χ4v) is 3.72. The van der Waals surface area contributed by atoms with Gasteiger partial charge in [0, 0.05) is 50.9 Å². The second-order valence-corrected chi connectivity index (χ2v) is 6.77. The van der Waals surface area contributed by atoms with E-state index in [1.54, 1.807) is 12.1 Å². The molecule has 2 fully saturated rings. The molecular formula is C18H24FN5O. The van der Waals surface area contributed by atoms with E-state index in [1.165, 1.54) is 12.1 Å². The Balaban J connectivity index is 1.38. The van der Waals surface area contributed by atoms with Gasteiger partial charge < -0.3 is 14.3 Å². The molecule has 0 N–H and O–H groups in total. The van der Waals surface area contributed by atoms with Gasteiger partial charge in [0.15, 0.2) is 0 Å². The van der Waals surface area contributed by atoms with E-state index < -0.39 is 0 Å². The number of hydrogen-bond acceptors (Lipinski definition) is 6. The van der Waals surface area contributed by atoms with Crippen LogP contribution in [0.25, 0.3) is 11.4 Å². The van der Waals surface area contributed by atoms with E-state index >= 15 is 0 Å². The van der Waals surface area contributed by atoms with Crippen LogP contribution in [0.3, 0.4) is 0 Å². The molecule has 1 unspecified atom stereocenters.